The highest BCUT2D eigenvalue weighted by molar-refractivity contribution is 6.30. The molecular formula is C13H11ClF3NO2. The Morgan fingerprint density at radius 2 is 1.90 bits per heavy atom. The van der Waals surface area contributed by atoms with Gasteiger partial charge in [0.1, 0.15) is 11.6 Å². The van der Waals surface area contributed by atoms with Crippen LogP contribution in [0.15, 0.2) is 36.0 Å². The maximum Gasteiger partial charge on any atom is 0.430 e. The summed E-state index contributed by atoms with van der Waals surface area (Å²) in [4.78, 5) is 11.6. The zero-order chi connectivity index (χ0) is 14.9. The third-order valence-electron chi connectivity index (χ3n) is 3.02. The molecule has 1 aliphatic heterocycles. The van der Waals surface area contributed by atoms with Gasteiger partial charge < -0.3 is 10.1 Å². The minimum atomic E-state index is -4.53. The minimum absolute atomic E-state index is 0.463. The number of methoxy groups -OCH3 is 1. The topological polar surface area (TPSA) is 38.3 Å². The molecule has 2 atom stereocenters. The molecule has 0 aliphatic carbocycles. The zero-order valence-corrected chi connectivity index (χ0v) is 11.1. The molecule has 0 spiro atoms. The van der Waals surface area contributed by atoms with Crippen molar-refractivity contribution in [2.24, 2.45) is 5.92 Å². The fourth-order valence-corrected chi connectivity index (χ4v) is 2.18. The molecule has 0 saturated heterocycles. The second kappa shape index (κ2) is 5.36. The van der Waals surface area contributed by atoms with Crippen LogP contribution in [0.25, 0.3) is 0 Å². The smallest absolute Gasteiger partial charge is 0.430 e. The first-order valence-corrected chi connectivity index (χ1v) is 6.09. The number of ether oxygens (including phenoxy) is 1. The maximum absolute atomic E-state index is 12.8. The van der Waals surface area contributed by atoms with E-state index in [0.717, 1.165) is 13.2 Å². The van der Waals surface area contributed by atoms with Gasteiger partial charge in [0.25, 0.3) is 0 Å². The summed E-state index contributed by atoms with van der Waals surface area (Å²) in [5.74, 6) is -1.76. The van der Waals surface area contributed by atoms with Gasteiger partial charge in [-0.15, -0.1) is 0 Å². The number of carbonyl (C=O) groups is 1. The Hall–Kier alpha value is -1.69. The third kappa shape index (κ3) is 2.90. The van der Waals surface area contributed by atoms with Crippen molar-refractivity contribution in [1.29, 1.82) is 0 Å². The van der Waals surface area contributed by atoms with E-state index in [-0.39, 0.29) is 0 Å². The van der Waals surface area contributed by atoms with E-state index in [2.05, 4.69) is 10.1 Å². The second-order valence-electron chi connectivity index (χ2n) is 4.30. The van der Waals surface area contributed by atoms with Gasteiger partial charge in [0.15, 0.2) is 0 Å². The Morgan fingerprint density at radius 3 is 2.40 bits per heavy atom. The van der Waals surface area contributed by atoms with Crippen LogP contribution in [0.1, 0.15) is 11.6 Å². The van der Waals surface area contributed by atoms with E-state index >= 15 is 0 Å². The summed E-state index contributed by atoms with van der Waals surface area (Å²) in [6, 6.07) is 5.43. The minimum Gasteiger partial charge on any atom is -0.468 e. The van der Waals surface area contributed by atoms with Crippen LogP contribution in [-0.2, 0) is 9.53 Å². The van der Waals surface area contributed by atoms with Gasteiger partial charge in [-0.25, -0.2) is 0 Å². The molecule has 1 N–H and O–H groups in total. The number of hydrogen-bond donors (Lipinski definition) is 1. The molecule has 20 heavy (non-hydrogen) atoms. The molecule has 2 rings (SSSR count). The Balaban J connectivity index is 2.33. The van der Waals surface area contributed by atoms with Gasteiger partial charge in [-0.05, 0) is 23.8 Å². The molecule has 2 unspecified atom stereocenters. The number of esters is 1. The lowest BCUT2D eigenvalue weighted by atomic mass is 9.95. The number of carbonyl (C=O) groups excluding carboxylic acids is 1. The number of rotatable bonds is 2. The van der Waals surface area contributed by atoms with E-state index in [1.54, 1.807) is 24.3 Å². The van der Waals surface area contributed by atoms with Gasteiger partial charge >= 0.3 is 12.1 Å². The predicted octanol–water partition coefficient (Wildman–Crippen LogP) is 3.22. The average molecular weight is 306 g/mol. The first kappa shape index (κ1) is 14.7. The maximum atomic E-state index is 12.8. The van der Waals surface area contributed by atoms with E-state index in [1.807, 2.05) is 0 Å². The Bertz CT molecular complexity index is 540. The number of nitrogens with one attached hydrogen (secondary N) is 1. The zero-order valence-electron chi connectivity index (χ0n) is 10.4. The summed E-state index contributed by atoms with van der Waals surface area (Å²) in [7, 11) is 1.14. The lowest BCUT2D eigenvalue weighted by Crippen LogP contribution is -2.29. The number of hydrogen-bond acceptors (Lipinski definition) is 3. The van der Waals surface area contributed by atoms with Crippen LogP contribution < -0.4 is 5.32 Å². The quantitative estimate of drug-likeness (QED) is 0.853. The van der Waals surface area contributed by atoms with Crippen LogP contribution in [0.4, 0.5) is 13.2 Å². The van der Waals surface area contributed by atoms with E-state index in [1.165, 1.54) is 0 Å². The fraction of sp³-hybridized carbons (Fsp3) is 0.308. The van der Waals surface area contributed by atoms with Crippen molar-refractivity contribution < 1.29 is 22.7 Å². The highest BCUT2D eigenvalue weighted by Gasteiger charge is 2.44. The molecule has 108 valence electrons. The summed E-state index contributed by atoms with van der Waals surface area (Å²) in [6.45, 7) is 0. The van der Waals surface area contributed by atoms with Crippen molar-refractivity contribution in [2.45, 2.75) is 12.2 Å². The molecule has 7 heteroatoms. The van der Waals surface area contributed by atoms with E-state index < -0.39 is 29.8 Å². The van der Waals surface area contributed by atoms with Crippen molar-refractivity contribution in [3.8, 4) is 0 Å². The first-order chi connectivity index (χ1) is 9.32. The first-order valence-electron chi connectivity index (χ1n) is 5.72. The molecule has 0 amide bonds. The summed E-state index contributed by atoms with van der Waals surface area (Å²) in [5, 5.41) is 2.79. The molecule has 0 radical (unpaired) electrons. The van der Waals surface area contributed by atoms with Gasteiger partial charge in [0.05, 0.1) is 13.2 Å². The van der Waals surface area contributed by atoms with Crippen LogP contribution in [0, 0.1) is 5.92 Å². The van der Waals surface area contributed by atoms with Crippen LogP contribution in [-0.4, -0.2) is 19.3 Å². The lowest BCUT2D eigenvalue weighted by molar-refractivity contribution is -0.144. The van der Waals surface area contributed by atoms with E-state index in [4.69, 9.17) is 11.6 Å². The monoisotopic (exact) mass is 305 g/mol. The average Bonchev–Trinajstić information content (AvgIpc) is 2.83. The molecule has 0 aromatic heterocycles. The van der Waals surface area contributed by atoms with Crippen LogP contribution >= 0.6 is 11.6 Å². The third-order valence-corrected chi connectivity index (χ3v) is 3.28. The Labute approximate surface area is 118 Å². The second-order valence-corrected chi connectivity index (χ2v) is 4.74. The molecule has 1 aliphatic rings. The number of alkyl halides is 3. The molecule has 0 saturated carbocycles. The highest BCUT2D eigenvalue weighted by Crippen LogP contribution is 2.37. The van der Waals surface area contributed by atoms with Gasteiger partial charge in [0, 0.05) is 5.02 Å². The van der Waals surface area contributed by atoms with Crippen molar-refractivity contribution in [3.63, 3.8) is 0 Å². The van der Waals surface area contributed by atoms with E-state index in [0.29, 0.717) is 10.6 Å². The lowest BCUT2D eigenvalue weighted by Gasteiger charge is -2.20. The standard InChI is InChI=1S/C13H11ClF3NO2/c1-20-12(19)9-6-10(13(15,16)17)18-11(9)7-2-4-8(14)5-3-7/h2-6,9,11,18H,1H3. The number of halogens is 4. The number of allylic oxidation sites excluding steroid dienone is 1. The molecular weight excluding hydrogens is 295 g/mol. The molecule has 0 bridgehead atoms. The summed E-state index contributed by atoms with van der Waals surface area (Å²) in [6.07, 6.45) is -3.68. The summed E-state index contributed by atoms with van der Waals surface area (Å²) >= 11 is 5.74. The van der Waals surface area contributed by atoms with E-state index in [9.17, 15) is 18.0 Å². The van der Waals surface area contributed by atoms with Gasteiger partial charge in [-0.1, -0.05) is 23.7 Å². The van der Waals surface area contributed by atoms with Gasteiger partial charge in [-0.3, -0.25) is 4.79 Å². The normalized spacial score (nSPS) is 22.1. The van der Waals surface area contributed by atoms with Crippen LogP contribution in [0.2, 0.25) is 5.02 Å². The van der Waals surface area contributed by atoms with Gasteiger partial charge in [0.2, 0.25) is 0 Å². The van der Waals surface area contributed by atoms with Crippen molar-refractivity contribution in [3.05, 3.63) is 46.6 Å². The van der Waals surface area contributed by atoms with Crippen molar-refractivity contribution >= 4 is 17.6 Å². The molecule has 1 heterocycles. The predicted molar refractivity (Wildman–Crippen MR) is 67.0 cm³/mol. The highest BCUT2D eigenvalue weighted by atomic mass is 35.5. The van der Waals surface area contributed by atoms with Gasteiger partial charge in [-0.2, -0.15) is 13.2 Å². The Kier molecular flexibility index (Phi) is 3.94. The van der Waals surface area contributed by atoms with Crippen LogP contribution in [0.5, 0.6) is 0 Å². The summed E-state index contributed by atoms with van der Waals surface area (Å²) in [5.41, 5.74) is -0.409. The summed E-state index contributed by atoms with van der Waals surface area (Å²) < 4.78 is 42.8. The fourth-order valence-electron chi connectivity index (χ4n) is 2.06. The number of benzene rings is 1. The Morgan fingerprint density at radius 1 is 1.30 bits per heavy atom. The molecule has 0 fully saturated rings. The molecule has 1 aromatic carbocycles. The SMILES string of the molecule is COC(=O)C1C=C(C(F)(F)F)NC1c1ccc(Cl)cc1. The van der Waals surface area contributed by atoms with Crippen molar-refractivity contribution in [2.75, 3.05) is 7.11 Å². The molecule has 1 aromatic rings. The largest absolute Gasteiger partial charge is 0.468 e. The molecule has 3 nitrogen and oxygen atoms in total. The van der Waals surface area contributed by atoms with Crippen molar-refractivity contribution in [1.82, 2.24) is 5.32 Å². The van der Waals surface area contributed by atoms with Crippen LogP contribution in [0.3, 0.4) is 0 Å².